The van der Waals surface area contributed by atoms with Gasteiger partial charge in [-0.15, -0.1) is 0 Å². The van der Waals surface area contributed by atoms with Crippen LogP contribution in [0.5, 0.6) is 11.6 Å². The zero-order valence-electron chi connectivity index (χ0n) is 19.1. The van der Waals surface area contributed by atoms with Gasteiger partial charge in [0.15, 0.2) is 4.80 Å². The second-order valence-electron chi connectivity index (χ2n) is 7.99. The van der Waals surface area contributed by atoms with E-state index in [4.69, 9.17) is 9.73 Å². The Balaban J connectivity index is 1.59. The maximum Gasteiger partial charge on any atom is 0.335 e. The van der Waals surface area contributed by atoms with Gasteiger partial charge in [-0.3, -0.25) is 9.56 Å². The maximum absolute atomic E-state index is 11.2. The predicted molar refractivity (Wildman–Crippen MR) is 145 cm³/mol. The molecule has 180 valence electrons. The third-order valence-corrected chi connectivity index (χ3v) is 7.15. The Kier molecular flexibility index (Phi) is 6.58. The summed E-state index contributed by atoms with van der Waals surface area (Å²) in [5.74, 6) is -0.189. The minimum atomic E-state index is -0.984. The number of thiazole rings is 1. The molecule has 0 aliphatic carbocycles. The second kappa shape index (κ2) is 9.96. The summed E-state index contributed by atoms with van der Waals surface area (Å²) in [7, 11) is 1.61. The van der Waals surface area contributed by atoms with Crippen LogP contribution in [0.1, 0.15) is 26.4 Å². The summed E-state index contributed by atoms with van der Waals surface area (Å²) in [4.78, 5) is 21.7. The molecule has 0 saturated carbocycles. The summed E-state index contributed by atoms with van der Waals surface area (Å²) in [6, 6.07) is 19.8. The van der Waals surface area contributed by atoms with Crippen molar-refractivity contribution in [2.45, 2.75) is 6.54 Å². The smallest absolute Gasteiger partial charge is 0.335 e. The Morgan fingerprint density at radius 1 is 1.14 bits per heavy atom. The number of carboxylic acid groups (broad SMARTS) is 1. The molecular weight excluding hydrogens is 542 g/mol. The van der Waals surface area contributed by atoms with Crippen LogP contribution in [0.4, 0.5) is 11.4 Å². The van der Waals surface area contributed by atoms with Crippen molar-refractivity contribution in [2.75, 3.05) is 7.11 Å². The third kappa shape index (κ3) is 4.89. The van der Waals surface area contributed by atoms with Crippen LogP contribution < -0.4 is 9.54 Å². The minimum absolute atomic E-state index is 0.0684. The number of hydrogen-bond donors (Lipinski definition) is 2. The van der Waals surface area contributed by atoms with E-state index in [-0.39, 0.29) is 11.4 Å². The van der Waals surface area contributed by atoms with Crippen LogP contribution in [0.15, 0.2) is 81.2 Å². The van der Waals surface area contributed by atoms with Crippen molar-refractivity contribution in [1.29, 1.82) is 0 Å². The lowest BCUT2D eigenvalue weighted by atomic mass is 10.1. The summed E-state index contributed by atoms with van der Waals surface area (Å²) in [5.41, 5.74) is 4.48. The molecule has 9 heteroatoms. The molecule has 7 nitrogen and oxygen atoms in total. The number of ether oxygens (including phenoxy) is 1. The number of aromatic nitrogens is 1. The molecule has 0 atom stereocenters. The van der Waals surface area contributed by atoms with Gasteiger partial charge in [-0.05, 0) is 66.2 Å². The predicted octanol–water partition coefficient (Wildman–Crippen LogP) is 6.26. The highest BCUT2D eigenvalue weighted by Crippen LogP contribution is 2.36. The van der Waals surface area contributed by atoms with Crippen LogP contribution in [-0.2, 0) is 6.54 Å². The van der Waals surface area contributed by atoms with Gasteiger partial charge in [0.25, 0.3) is 0 Å². The highest BCUT2D eigenvalue weighted by atomic mass is 79.9. The Labute approximate surface area is 219 Å². The third-order valence-electron chi connectivity index (χ3n) is 5.65. The van der Waals surface area contributed by atoms with Crippen LogP contribution in [0.25, 0.3) is 11.6 Å². The fourth-order valence-corrected chi connectivity index (χ4v) is 5.12. The quantitative estimate of drug-likeness (QED) is 0.290. The number of halogens is 1. The topological polar surface area (TPSA) is 96.4 Å². The molecule has 1 aliphatic heterocycles. The van der Waals surface area contributed by atoms with E-state index in [9.17, 15) is 15.0 Å². The van der Waals surface area contributed by atoms with Crippen LogP contribution in [0.3, 0.4) is 0 Å². The number of methoxy groups -OCH3 is 1. The average Bonchev–Trinajstić information content (AvgIpc) is 3.40. The molecule has 3 aromatic carbocycles. The fraction of sp³-hybridized carbons (Fsp3) is 0.0741. The van der Waals surface area contributed by atoms with E-state index in [1.807, 2.05) is 48.5 Å². The number of aromatic hydroxyl groups is 1. The SMILES string of the molecule is COc1ccc(N=c2sc(C=C3C=Nc4ccc(Br)cc43)c(O)n2Cc2ccc(C(=O)O)cc2)cc1. The first kappa shape index (κ1) is 23.8. The summed E-state index contributed by atoms with van der Waals surface area (Å²) >= 11 is 4.87. The molecule has 2 heterocycles. The van der Waals surface area contributed by atoms with E-state index >= 15 is 0 Å². The molecule has 0 bridgehead atoms. The maximum atomic E-state index is 11.2. The highest BCUT2D eigenvalue weighted by Gasteiger charge is 2.17. The molecule has 0 amide bonds. The number of benzene rings is 3. The summed E-state index contributed by atoms with van der Waals surface area (Å²) in [6.45, 7) is 0.316. The van der Waals surface area contributed by atoms with Crippen molar-refractivity contribution < 1.29 is 19.7 Å². The monoisotopic (exact) mass is 561 g/mol. The first-order valence-corrected chi connectivity index (χ1v) is 12.5. The zero-order chi connectivity index (χ0) is 25.2. The summed E-state index contributed by atoms with van der Waals surface area (Å²) < 4.78 is 7.89. The Hall–Kier alpha value is -3.95. The molecule has 0 fully saturated rings. The Bertz CT molecular complexity index is 1580. The first-order chi connectivity index (χ1) is 17.4. The van der Waals surface area contributed by atoms with Crippen molar-refractivity contribution in [3.8, 4) is 11.6 Å². The summed E-state index contributed by atoms with van der Waals surface area (Å²) in [5, 5.41) is 20.4. The van der Waals surface area contributed by atoms with E-state index in [1.165, 1.54) is 11.3 Å². The van der Waals surface area contributed by atoms with Gasteiger partial charge >= 0.3 is 5.97 Å². The number of allylic oxidation sites excluding steroid dienone is 1. The minimum Gasteiger partial charge on any atom is -0.497 e. The second-order valence-corrected chi connectivity index (χ2v) is 9.91. The van der Waals surface area contributed by atoms with Crippen molar-refractivity contribution in [3.05, 3.63) is 97.6 Å². The number of nitrogens with zero attached hydrogens (tertiary/aromatic N) is 3. The van der Waals surface area contributed by atoms with Crippen molar-refractivity contribution in [2.24, 2.45) is 9.98 Å². The number of hydrogen-bond acceptors (Lipinski definition) is 6. The molecule has 2 N–H and O–H groups in total. The van der Waals surface area contributed by atoms with E-state index in [1.54, 1.807) is 42.2 Å². The molecule has 0 spiro atoms. The summed E-state index contributed by atoms with van der Waals surface area (Å²) in [6.07, 6.45) is 3.68. The van der Waals surface area contributed by atoms with Crippen LogP contribution in [-0.4, -0.2) is 34.1 Å². The Morgan fingerprint density at radius 3 is 2.58 bits per heavy atom. The largest absolute Gasteiger partial charge is 0.497 e. The number of aromatic carboxylic acids is 1. The number of carbonyl (C=O) groups is 1. The number of rotatable bonds is 6. The number of aliphatic imine (C=N–C) groups is 1. The van der Waals surface area contributed by atoms with Crippen molar-refractivity contribution in [3.63, 3.8) is 0 Å². The van der Waals surface area contributed by atoms with Gasteiger partial charge in [0.05, 0.1) is 35.5 Å². The molecule has 1 aromatic heterocycles. The molecule has 0 unspecified atom stereocenters. The van der Waals surface area contributed by atoms with Gasteiger partial charge in [0.1, 0.15) is 5.75 Å². The van der Waals surface area contributed by atoms with E-state index in [0.29, 0.717) is 21.9 Å². The van der Waals surface area contributed by atoms with Gasteiger partial charge in [0, 0.05) is 21.8 Å². The standard InChI is InChI=1S/C27H20BrN3O4S/c1-35-21-9-7-20(8-10-21)30-27-31(15-16-2-4-17(5-3-16)26(33)34)25(32)24(36-27)12-18-14-29-23-11-6-19(28)13-22(18)23/h2-14,32H,15H2,1H3,(H,33,34). The molecule has 5 rings (SSSR count). The van der Waals surface area contributed by atoms with Crippen LogP contribution in [0, 0.1) is 0 Å². The lowest BCUT2D eigenvalue weighted by molar-refractivity contribution is 0.0697. The van der Waals surface area contributed by atoms with Gasteiger partial charge in [-0.1, -0.05) is 39.4 Å². The van der Waals surface area contributed by atoms with Gasteiger partial charge in [-0.2, -0.15) is 0 Å². The number of carboxylic acids is 1. The molecule has 1 aliphatic rings. The van der Waals surface area contributed by atoms with E-state index < -0.39 is 5.97 Å². The normalized spacial score (nSPS) is 13.8. The van der Waals surface area contributed by atoms with E-state index in [2.05, 4.69) is 20.9 Å². The lowest BCUT2D eigenvalue weighted by Gasteiger charge is -2.07. The number of fused-ring (bicyclic) bond motifs is 1. The molecule has 0 saturated heterocycles. The van der Waals surface area contributed by atoms with Gasteiger partial charge < -0.3 is 14.9 Å². The van der Waals surface area contributed by atoms with Gasteiger partial charge in [0.2, 0.25) is 5.88 Å². The Morgan fingerprint density at radius 2 is 1.89 bits per heavy atom. The molecule has 0 radical (unpaired) electrons. The van der Waals surface area contributed by atoms with Crippen molar-refractivity contribution >= 4 is 62.5 Å². The first-order valence-electron chi connectivity index (χ1n) is 10.9. The molecular formula is C27H20BrN3O4S. The van der Waals surface area contributed by atoms with Crippen LogP contribution >= 0.6 is 27.3 Å². The highest BCUT2D eigenvalue weighted by molar-refractivity contribution is 9.10. The zero-order valence-corrected chi connectivity index (χ0v) is 21.5. The van der Waals surface area contributed by atoms with Crippen molar-refractivity contribution in [1.82, 2.24) is 4.57 Å². The average molecular weight is 562 g/mol. The van der Waals surface area contributed by atoms with E-state index in [0.717, 1.165) is 32.6 Å². The fourth-order valence-electron chi connectivity index (χ4n) is 3.76. The molecule has 4 aromatic rings. The van der Waals surface area contributed by atoms with Gasteiger partial charge in [-0.25, -0.2) is 9.79 Å². The molecule has 36 heavy (non-hydrogen) atoms. The lowest BCUT2D eigenvalue weighted by Crippen LogP contribution is -2.15. The van der Waals surface area contributed by atoms with Crippen LogP contribution in [0.2, 0.25) is 0 Å².